The zero-order valence-electron chi connectivity index (χ0n) is 12.1. The maximum Gasteiger partial charge on any atom is 0.324 e. The third-order valence-corrected chi connectivity index (χ3v) is 5.20. The highest BCUT2D eigenvalue weighted by Crippen LogP contribution is 2.40. The first-order valence-electron chi connectivity index (χ1n) is 7.24. The van der Waals surface area contributed by atoms with Crippen molar-refractivity contribution in [1.82, 2.24) is 4.90 Å². The summed E-state index contributed by atoms with van der Waals surface area (Å²) in [6, 6.07) is 4.18. The molecule has 1 aromatic rings. The lowest BCUT2D eigenvalue weighted by Gasteiger charge is -2.36. The van der Waals surface area contributed by atoms with E-state index in [1.807, 2.05) is 6.07 Å². The molecule has 2 atom stereocenters. The first-order chi connectivity index (χ1) is 9.54. The number of hydrogen-bond acceptors (Lipinski definition) is 5. The van der Waals surface area contributed by atoms with Crippen molar-refractivity contribution in [3.63, 3.8) is 0 Å². The van der Waals surface area contributed by atoms with E-state index in [4.69, 9.17) is 5.73 Å². The SMILES string of the molecule is CC(C)N1CCCCC(CN)C1c1ccc([N+](=O)[O-])s1. The van der Waals surface area contributed by atoms with Gasteiger partial charge in [-0.05, 0) is 51.8 Å². The molecule has 0 aromatic carbocycles. The summed E-state index contributed by atoms with van der Waals surface area (Å²) in [7, 11) is 0. The zero-order chi connectivity index (χ0) is 14.7. The first-order valence-corrected chi connectivity index (χ1v) is 8.06. The van der Waals surface area contributed by atoms with Crippen molar-refractivity contribution in [2.24, 2.45) is 11.7 Å². The highest BCUT2D eigenvalue weighted by atomic mass is 32.1. The van der Waals surface area contributed by atoms with E-state index < -0.39 is 0 Å². The van der Waals surface area contributed by atoms with Crippen LogP contribution < -0.4 is 5.73 Å². The van der Waals surface area contributed by atoms with E-state index in [0.717, 1.165) is 17.8 Å². The Kier molecular flexibility index (Phi) is 5.12. The predicted molar refractivity (Wildman–Crippen MR) is 82.0 cm³/mol. The summed E-state index contributed by atoms with van der Waals surface area (Å²) >= 11 is 1.30. The summed E-state index contributed by atoms with van der Waals surface area (Å²) in [6.07, 6.45) is 3.48. The molecule has 2 rings (SSSR count). The molecule has 0 bridgehead atoms. The molecular formula is C14H23N3O2S. The third-order valence-electron chi connectivity index (χ3n) is 4.10. The minimum atomic E-state index is -0.304. The molecule has 0 aliphatic carbocycles. The van der Waals surface area contributed by atoms with Crippen LogP contribution in [0, 0.1) is 16.0 Å². The molecule has 2 heterocycles. The normalized spacial score (nSPS) is 24.8. The standard InChI is InChI=1S/C14H23N3O2S/c1-10(2)16-8-4-3-5-11(9-15)14(16)12-6-7-13(20-12)17(18)19/h6-7,10-11,14H,3-5,8-9,15H2,1-2H3. The molecule has 112 valence electrons. The number of rotatable bonds is 4. The molecule has 2 unspecified atom stereocenters. The molecule has 0 saturated carbocycles. The Morgan fingerprint density at radius 1 is 1.50 bits per heavy atom. The van der Waals surface area contributed by atoms with Crippen LogP contribution in [0.1, 0.15) is 44.0 Å². The number of nitrogens with two attached hydrogens (primary N) is 1. The van der Waals surface area contributed by atoms with Gasteiger partial charge < -0.3 is 5.73 Å². The van der Waals surface area contributed by atoms with E-state index in [0.29, 0.717) is 18.5 Å². The van der Waals surface area contributed by atoms with Crippen LogP contribution in [-0.2, 0) is 0 Å². The van der Waals surface area contributed by atoms with Crippen LogP contribution in [0.15, 0.2) is 12.1 Å². The topological polar surface area (TPSA) is 72.4 Å². The van der Waals surface area contributed by atoms with Crippen molar-refractivity contribution >= 4 is 16.3 Å². The summed E-state index contributed by atoms with van der Waals surface area (Å²) in [4.78, 5) is 14.1. The number of likely N-dealkylation sites (tertiary alicyclic amines) is 1. The second kappa shape index (κ2) is 6.65. The zero-order valence-corrected chi connectivity index (χ0v) is 12.9. The van der Waals surface area contributed by atoms with Gasteiger partial charge in [-0.15, -0.1) is 0 Å². The molecule has 1 aromatic heterocycles. The van der Waals surface area contributed by atoms with Crippen molar-refractivity contribution in [3.8, 4) is 0 Å². The van der Waals surface area contributed by atoms with E-state index in [1.165, 1.54) is 24.2 Å². The fourth-order valence-electron chi connectivity index (χ4n) is 3.09. The predicted octanol–water partition coefficient (Wildman–Crippen LogP) is 3.17. The summed E-state index contributed by atoms with van der Waals surface area (Å²) in [5.74, 6) is 0.387. The van der Waals surface area contributed by atoms with Crippen molar-refractivity contribution < 1.29 is 4.92 Å². The number of nitrogens with zero attached hydrogens (tertiary/aromatic N) is 2. The van der Waals surface area contributed by atoms with Crippen molar-refractivity contribution in [3.05, 3.63) is 27.1 Å². The maximum absolute atomic E-state index is 10.9. The van der Waals surface area contributed by atoms with Gasteiger partial charge in [0.25, 0.3) is 0 Å². The van der Waals surface area contributed by atoms with Crippen LogP contribution >= 0.6 is 11.3 Å². The van der Waals surface area contributed by atoms with Gasteiger partial charge in [0.2, 0.25) is 0 Å². The minimum Gasteiger partial charge on any atom is -0.330 e. The lowest BCUT2D eigenvalue weighted by molar-refractivity contribution is -0.380. The molecule has 0 spiro atoms. The Bertz CT molecular complexity index is 461. The Morgan fingerprint density at radius 2 is 2.25 bits per heavy atom. The summed E-state index contributed by atoms with van der Waals surface area (Å²) in [5, 5.41) is 11.1. The fourth-order valence-corrected chi connectivity index (χ4v) is 4.13. The maximum atomic E-state index is 10.9. The van der Waals surface area contributed by atoms with E-state index in [1.54, 1.807) is 6.07 Å². The molecule has 20 heavy (non-hydrogen) atoms. The first kappa shape index (κ1) is 15.4. The van der Waals surface area contributed by atoms with E-state index >= 15 is 0 Å². The fraction of sp³-hybridized carbons (Fsp3) is 0.714. The molecule has 0 amide bonds. The molecular weight excluding hydrogens is 274 g/mol. The summed E-state index contributed by atoms with van der Waals surface area (Å²) in [5.41, 5.74) is 5.97. The average molecular weight is 297 g/mol. The summed E-state index contributed by atoms with van der Waals surface area (Å²) in [6.45, 7) is 6.06. The van der Waals surface area contributed by atoms with Gasteiger partial charge in [0, 0.05) is 23.0 Å². The lowest BCUT2D eigenvalue weighted by atomic mass is 9.93. The molecule has 6 heteroatoms. The lowest BCUT2D eigenvalue weighted by Crippen LogP contribution is -2.39. The number of thiophene rings is 1. The molecule has 1 fully saturated rings. The van der Waals surface area contributed by atoms with Gasteiger partial charge >= 0.3 is 5.00 Å². The Balaban J connectivity index is 2.35. The van der Waals surface area contributed by atoms with Gasteiger partial charge in [-0.1, -0.05) is 17.8 Å². The van der Waals surface area contributed by atoms with Crippen molar-refractivity contribution in [2.45, 2.75) is 45.2 Å². The Morgan fingerprint density at radius 3 is 2.80 bits per heavy atom. The molecule has 1 saturated heterocycles. The highest BCUT2D eigenvalue weighted by molar-refractivity contribution is 7.15. The third kappa shape index (κ3) is 3.19. The molecule has 0 radical (unpaired) electrons. The van der Waals surface area contributed by atoms with Crippen LogP contribution in [0.4, 0.5) is 5.00 Å². The van der Waals surface area contributed by atoms with Crippen molar-refractivity contribution in [2.75, 3.05) is 13.1 Å². The van der Waals surface area contributed by atoms with Crippen LogP contribution in [0.3, 0.4) is 0 Å². The van der Waals surface area contributed by atoms with Gasteiger partial charge in [-0.25, -0.2) is 0 Å². The Labute approximate surface area is 123 Å². The van der Waals surface area contributed by atoms with Crippen LogP contribution in [0.5, 0.6) is 0 Å². The van der Waals surface area contributed by atoms with Crippen LogP contribution in [0.2, 0.25) is 0 Å². The summed E-state index contributed by atoms with van der Waals surface area (Å²) < 4.78 is 0. The Hall–Kier alpha value is -0.980. The van der Waals surface area contributed by atoms with E-state index in [9.17, 15) is 10.1 Å². The number of nitro groups is 1. The van der Waals surface area contributed by atoms with Gasteiger partial charge in [0.1, 0.15) is 0 Å². The molecule has 1 aliphatic rings. The number of hydrogen-bond donors (Lipinski definition) is 1. The molecule has 5 nitrogen and oxygen atoms in total. The highest BCUT2D eigenvalue weighted by Gasteiger charge is 2.33. The quantitative estimate of drug-likeness (QED) is 0.684. The smallest absolute Gasteiger partial charge is 0.324 e. The monoisotopic (exact) mass is 297 g/mol. The van der Waals surface area contributed by atoms with Gasteiger partial charge in [-0.2, -0.15) is 0 Å². The molecule has 1 aliphatic heterocycles. The molecule has 2 N–H and O–H groups in total. The van der Waals surface area contributed by atoms with E-state index in [-0.39, 0.29) is 16.0 Å². The second-order valence-corrected chi connectivity index (χ2v) is 6.79. The van der Waals surface area contributed by atoms with Crippen LogP contribution in [0.25, 0.3) is 0 Å². The largest absolute Gasteiger partial charge is 0.330 e. The van der Waals surface area contributed by atoms with Gasteiger partial charge in [0.15, 0.2) is 0 Å². The van der Waals surface area contributed by atoms with Gasteiger partial charge in [0.05, 0.1) is 4.92 Å². The van der Waals surface area contributed by atoms with Crippen LogP contribution in [-0.4, -0.2) is 29.0 Å². The van der Waals surface area contributed by atoms with E-state index in [2.05, 4.69) is 18.7 Å². The minimum absolute atomic E-state index is 0.223. The average Bonchev–Trinajstić information content (AvgIpc) is 2.78. The van der Waals surface area contributed by atoms with Crippen molar-refractivity contribution in [1.29, 1.82) is 0 Å². The second-order valence-electron chi connectivity index (χ2n) is 5.70. The van der Waals surface area contributed by atoms with Gasteiger partial charge in [-0.3, -0.25) is 15.0 Å².